The maximum absolute atomic E-state index is 11.3. The Bertz CT molecular complexity index is 205. The molecule has 4 nitrogen and oxygen atoms in total. The lowest BCUT2D eigenvalue weighted by Gasteiger charge is -2.33. The van der Waals surface area contributed by atoms with Crippen molar-refractivity contribution in [3.8, 4) is 0 Å². The predicted molar refractivity (Wildman–Crippen MR) is 42.2 cm³/mol. The molecule has 0 aromatic heterocycles. The van der Waals surface area contributed by atoms with Gasteiger partial charge in [-0.1, -0.05) is 0 Å². The third-order valence-corrected chi connectivity index (χ3v) is 2.67. The largest absolute Gasteiger partial charge is 0.355 e. The van der Waals surface area contributed by atoms with Crippen LogP contribution in [-0.4, -0.2) is 24.9 Å². The molecule has 0 spiro atoms. The van der Waals surface area contributed by atoms with E-state index >= 15 is 0 Å². The number of fused-ring (bicyclic) bond motifs is 1. The van der Waals surface area contributed by atoms with Crippen LogP contribution in [0.15, 0.2) is 0 Å². The van der Waals surface area contributed by atoms with Crippen LogP contribution < -0.4 is 10.6 Å². The molecule has 2 heterocycles. The summed E-state index contributed by atoms with van der Waals surface area (Å²) in [6, 6.07) is 0. The number of amides is 2. The summed E-state index contributed by atoms with van der Waals surface area (Å²) in [6.07, 6.45) is 1.90. The summed E-state index contributed by atoms with van der Waals surface area (Å²) in [6.45, 7) is 1.46. The number of hydrogen-bond acceptors (Lipinski definition) is 2. The fraction of sp³-hybridized carbons (Fsp3) is 0.750. The first kappa shape index (κ1) is 7.58. The second kappa shape index (κ2) is 2.77. The highest BCUT2D eigenvalue weighted by Gasteiger charge is 2.39. The number of carbonyl (C=O) groups is 2. The fourth-order valence-electron chi connectivity index (χ4n) is 2.01. The van der Waals surface area contributed by atoms with Crippen LogP contribution >= 0.6 is 0 Å². The standard InChI is InChI=1S/C8H12N2O2/c11-7-6-5(1-3-9-7)2-4-10-8(6)12/h5-6H,1-4H2,(H,9,11)(H,10,12). The third-order valence-electron chi connectivity index (χ3n) is 2.67. The summed E-state index contributed by atoms with van der Waals surface area (Å²) >= 11 is 0. The highest BCUT2D eigenvalue weighted by atomic mass is 16.2. The zero-order valence-corrected chi connectivity index (χ0v) is 6.80. The quantitative estimate of drug-likeness (QED) is 0.468. The van der Waals surface area contributed by atoms with Crippen LogP contribution in [0.25, 0.3) is 0 Å². The van der Waals surface area contributed by atoms with Crippen molar-refractivity contribution >= 4 is 11.8 Å². The average Bonchev–Trinajstić information content (AvgIpc) is 2.04. The van der Waals surface area contributed by atoms with Gasteiger partial charge in [0.2, 0.25) is 11.8 Å². The third kappa shape index (κ3) is 1.07. The molecule has 2 amide bonds. The zero-order valence-electron chi connectivity index (χ0n) is 6.80. The van der Waals surface area contributed by atoms with Gasteiger partial charge in [0.15, 0.2) is 0 Å². The van der Waals surface area contributed by atoms with Crippen LogP contribution in [0.5, 0.6) is 0 Å². The topological polar surface area (TPSA) is 58.2 Å². The number of carbonyl (C=O) groups excluding carboxylic acids is 2. The summed E-state index contributed by atoms with van der Waals surface area (Å²) in [5.41, 5.74) is 0. The number of piperidine rings is 2. The molecule has 66 valence electrons. The van der Waals surface area contributed by atoms with Gasteiger partial charge in [0.05, 0.1) is 0 Å². The first-order valence-electron chi connectivity index (χ1n) is 4.34. The highest BCUT2D eigenvalue weighted by Crippen LogP contribution is 2.25. The number of nitrogens with one attached hydrogen (secondary N) is 2. The molecule has 2 aliphatic heterocycles. The van der Waals surface area contributed by atoms with Gasteiger partial charge >= 0.3 is 0 Å². The Morgan fingerprint density at radius 1 is 1.00 bits per heavy atom. The summed E-state index contributed by atoms with van der Waals surface area (Å²) in [5.74, 6) is -0.313. The molecular formula is C8H12N2O2. The Balaban J connectivity index is 2.17. The Labute approximate surface area is 70.7 Å². The van der Waals surface area contributed by atoms with Crippen molar-refractivity contribution in [1.29, 1.82) is 0 Å². The van der Waals surface area contributed by atoms with Crippen LogP contribution in [0.2, 0.25) is 0 Å². The molecule has 0 atom stereocenters. The molecule has 4 heteroatoms. The van der Waals surface area contributed by atoms with Crippen molar-refractivity contribution in [2.24, 2.45) is 11.8 Å². The lowest BCUT2D eigenvalue weighted by molar-refractivity contribution is -0.141. The van der Waals surface area contributed by atoms with Crippen LogP contribution in [-0.2, 0) is 9.59 Å². The van der Waals surface area contributed by atoms with Crippen molar-refractivity contribution in [3.05, 3.63) is 0 Å². The summed E-state index contributed by atoms with van der Waals surface area (Å²) < 4.78 is 0. The second-order valence-corrected chi connectivity index (χ2v) is 3.40. The minimum Gasteiger partial charge on any atom is -0.355 e. The molecule has 0 bridgehead atoms. The van der Waals surface area contributed by atoms with E-state index in [2.05, 4.69) is 10.6 Å². The molecule has 0 radical (unpaired) electrons. The molecule has 0 unspecified atom stereocenters. The Hall–Kier alpha value is -1.06. The second-order valence-electron chi connectivity index (χ2n) is 3.40. The first-order chi connectivity index (χ1) is 5.79. The van der Waals surface area contributed by atoms with E-state index in [0.717, 1.165) is 25.9 Å². The Morgan fingerprint density at radius 3 is 1.92 bits per heavy atom. The van der Waals surface area contributed by atoms with Gasteiger partial charge in [0.25, 0.3) is 0 Å². The van der Waals surface area contributed by atoms with Gasteiger partial charge in [-0.15, -0.1) is 0 Å². The average molecular weight is 168 g/mol. The maximum atomic E-state index is 11.3. The van der Waals surface area contributed by atoms with Gasteiger partial charge in [-0.05, 0) is 18.8 Å². The smallest absolute Gasteiger partial charge is 0.232 e. The van der Waals surface area contributed by atoms with E-state index in [1.165, 1.54) is 0 Å². The Morgan fingerprint density at radius 2 is 1.50 bits per heavy atom. The van der Waals surface area contributed by atoms with Gasteiger partial charge in [-0.3, -0.25) is 9.59 Å². The van der Waals surface area contributed by atoms with E-state index in [1.54, 1.807) is 0 Å². The van der Waals surface area contributed by atoms with Gasteiger partial charge < -0.3 is 10.6 Å². The van der Waals surface area contributed by atoms with Crippen LogP contribution in [0, 0.1) is 11.8 Å². The van der Waals surface area contributed by atoms with Crippen LogP contribution in [0.4, 0.5) is 0 Å². The summed E-state index contributed by atoms with van der Waals surface area (Å²) in [5, 5.41) is 5.42. The number of rotatable bonds is 0. The molecule has 0 aliphatic carbocycles. The fourth-order valence-corrected chi connectivity index (χ4v) is 2.01. The molecule has 2 N–H and O–H groups in total. The van der Waals surface area contributed by atoms with E-state index in [0.29, 0.717) is 0 Å². The van der Waals surface area contributed by atoms with E-state index in [9.17, 15) is 9.59 Å². The van der Waals surface area contributed by atoms with E-state index in [-0.39, 0.29) is 17.7 Å². The lowest BCUT2D eigenvalue weighted by Crippen LogP contribution is -2.53. The molecule has 0 aromatic carbocycles. The molecule has 2 aliphatic rings. The highest BCUT2D eigenvalue weighted by molar-refractivity contribution is 6.01. The van der Waals surface area contributed by atoms with E-state index in [4.69, 9.17) is 0 Å². The predicted octanol–water partition coefficient (Wildman–Crippen LogP) is -0.741. The molecule has 2 saturated heterocycles. The van der Waals surface area contributed by atoms with E-state index in [1.807, 2.05) is 0 Å². The molecule has 2 fully saturated rings. The van der Waals surface area contributed by atoms with E-state index < -0.39 is 5.92 Å². The maximum Gasteiger partial charge on any atom is 0.232 e. The van der Waals surface area contributed by atoms with Gasteiger partial charge in [-0.2, -0.15) is 0 Å². The van der Waals surface area contributed by atoms with Crippen molar-refractivity contribution < 1.29 is 9.59 Å². The molecular weight excluding hydrogens is 156 g/mol. The molecule has 0 saturated carbocycles. The van der Waals surface area contributed by atoms with Gasteiger partial charge in [0, 0.05) is 13.1 Å². The van der Waals surface area contributed by atoms with Gasteiger partial charge in [0.1, 0.15) is 5.92 Å². The first-order valence-corrected chi connectivity index (χ1v) is 4.34. The molecule has 12 heavy (non-hydrogen) atoms. The number of hydrogen-bond donors (Lipinski definition) is 2. The SMILES string of the molecule is O=C1NCCC2CCNC(=O)C12. The normalized spacial score (nSPS) is 35.0. The minimum absolute atomic E-state index is 0.0940. The lowest BCUT2D eigenvalue weighted by atomic mass is 9.80. The van der Waals surface area contributed by atoms with Crippen LogP contribution in [0.1, 0.15) is 12.8 Å². The van der Waals surface area contributed by atoms with Gasteiger partial charge in [-0.25, -0.2) is 0 Å². The summed E-state index contributed by atoms with van der Waals surface area (Å²) in [7, 11) is 0. The van der Waals surface area contributed by atoms with Crippen molar-refractivity contribution in [2.75, 3.05) is 13.1 Å². The zero-order chi connectivity index (χ0) is 8.55. The Kier molecular flexibility index (Phi) is 1.75. The molecule has 2 rings (SSSR count). The van der Waals surface area contributed by atoms with Crippen LogP contribution in [0.3, 0.4) is 0 Å². The monoisotopic (exact) mass is 168 g/mol. The molecule has 0 aromatic rings. The van der Waals surface area contributed by atoms with Crippen molar-refractivity contribution in [1.82, 2.24) is 10.6 Å². The van der Waals surface area contributed by atoms with Crippen molar-refractivity contribution in [3.63, 3.8) is 0 Å². The summed E-state index contributed by atoms with van der Waals surface area (Å²) in [4.78, 5) is 22.5. The van der Waals surface area contributed by atoms with Crippen molar-refractivity contribution in [2.45, 2.75) is 12.8 Å². The minimum atomic E-state index is -0.410.